The van der Waals surface area contributed by atoms with Crippen LogP contribution in [0.25, 0.3) is 68.4 Å². The van der Waals surface area contributed by atoms with Crippen LogP contribution in [0.15, 0.2) is 158 Å². The Morgan fingerprint density at radius 2 is 0.727 bits per heavy atom. The van der Waals surface area contributed by atoms with Crippen LogP contribution in [0.3, 0.4) is 0 Å². The molecule has 8 aromatic rings. The van der Waals surface area contributed by atoms with Crippen LogP contribution >= 0.6 is 0 Å². The minimum Gasteiger partial charge on any atom is -0.292 e. The van der Waals surface area contributed by atoms with Gasteiger partial charge < -0.3 is 0 Å². The Labute approximate surface area is 255 Å². The SMILES string of the molecule is C(=Cc1ccc(-c2nc3ccccc3n2-c2ccccc2)cc1)c1ccc(-c2nc3ccccc3n2-c2ccccc2)cc1. The van der Waals surface area contributed by atoms with Gasteiger partial charge in [-0.05, 0) is 59.7 Å². The Kier molecular flexibility index (Phi) is 6.43. The van der Waals surface area contributed by atoms with Crippen molar-refractivity contribution in [2.24, 2.45) is 0 Å². The van der Waals surface area contributed by atoms with Crippen LogP contribution < -0.4 is 0 Å². The summed E-state index contributed by atoms with van der Waals surface area (Å²) < 4.78 is 4.46. The summed E-state index contributed by atoms with van der Waals surface area (Å²) >= 11 is 0. The van der Waals surface area contributed by atoms with E-state index in [4.69, 9.17) is 9.97 Å². The van der Waals surface area contributed by atoms with E-state index < -0.39 is 0 Å². The largest absolute Gasteiger partial charge is 0.292 e. The molecule has 0 N–H and O–H groups in total. The minimum atomic E-state index is 0.935. The molecule has 2 aromatic heterocycles. The lowest BCUT2D eigenvalue weighted by atomic mass is 10.1. The Hall–Kier alpha value is -6.00. The third-order valence-corrected chi connectivity index (χ3v) is 7.96. The van der Waals surface area contributed by atoms with E-state index in [1.54, 1.807) is 0 Å². The number of para-hydroxylation sites is 6. The highest BCUT2D eigenvalue weighted by Crippen LogP contribution is 2.30. The van der Waals surface area contributed by atoms with Crippen LogP contribution in [0.1, 0.15) is 11.1 Å². The Balaban J connectivity index is 1.07. The first kappa shape index (κ1) is 25.7. The summed E-state index contributed by atoms with van der Waals surface area (Å²) in [6.07, 6.45) is 4.30. The van der Waals surface area contributed by atoms with E-state index in [2.05, 4.69) is 155 Å². The second-order valence-corrected chi connectivity index (χ2v) is 10.8. The van der Waals surface area contributed by atoms with Crippen LogP contribution in [0.5, 0.6) is 0 Å². The van der Waals surface area contributed by atoms with Crippen molar-refractivity contribution in [1.82, 2.24) is 19.1 Å². The quantitative estimate of drug-likeness (QED) is 0.188. The molecule has 0 fully saturated rings. The van der Waals surface area contributed by atoms with Gasteiger partial charge in [-0.1, -0.05) is 121 Å². The molecule has 0 bridgehead atoms. The van der Waals surface area contributed by atoms with E-state index >= 15 is 0 Å². The molecule has 0 unspecified atom stereocenters. The molecule has 0 aliphatic carbocycles. The first-order valence-corrected chi connectivity index (χ1v) is 14.8. The van der Waals surface area contributed by atoms with Crippen molar-refractivity contribution in [3.8, 4) is 34.2 Å². The summed E-state index contributed by atoms with van der Waals surface area (Å²) in [5.74, 6) is 1.87. The highest BCUT2D eigenvalue weighted by molar-refractivity contribution is 5.85. The van der Waals surface area contributed by atoms with E-state index in [1.165, 1.54) is 0 Å². The van der Waals surface area contributed by atoms with Crippen LogP contribution in [0.2, 0.25) is 0 Å². The fourth-order valence-corrected chi connectivity index (χ4v) is 5.80. The Bertz CT molecular complexity index is 2080. The standard InChI is InChI=1S/C40H28N4/c1-3-11-33(12-4-1)43-37-17-9-7-15-35(37)41-39(43)31-25-21-29(22-26-31)19-20-30-23-27-32(28-24-30)40-42-36-16-8-10-18-38(36)44(40)34-13-5-2-6-14-34/h1-28H. The van der Waals surface area contributed by atoms with Gasteiger partial charge in [-0.25, -0.2) is 9.97 Å². The average Bonchev–Trinajstić information content (AvgIpc) is 3.68. The van der Waals surface area contributed by atoms with Crippen molar-refractivity contribution >= 4 is 34.2 Å². The fraction of sp³-hybridized carbons (Fsp3) is 0. The van der Waals surface area contributed by atoms with Crippen molar-refractivity contribution in [3.63, 3.8) is 0 Å². The van der Waals surface area contributed by atoms with E-state index in [0.29, 0.717) is 0 Å². The number of hydrogen-bond donors (Lipinski definition) is 0. The fourth-order valence-electron chi connectivity index (χ4n) is 5.80. The molecular formula is C40H28N4. The predicted molar refractivity (Wildman–Crippen MR) is 182 cm³/mol. The second-order valence-electron chi connectivity index (χ2n) is 10.8. The molecule has 44 heavy (non-hydrogen) atoms. The average molecular weight is 565 g/mol. The van der Waals surface area contributed by atoms with Crippen LogP contribution in [0, 0.1) is 0 Å². The number of hydrogen-bond acceptors (Lipinski definition) is 2. The molecule has 208 valence electrons. The van der Waals surface area contributed by atoms with Crippen molar-refractivity contribution < 1.29 is 0 Å². The number of fused-ring (bicyclic) bond motifs is 2. The molecule has 0 aliphatic heterocycles. The number of aromatic nitrogens is 4. The minimum absolute atomic E-state index is 0.935. The number of rotatable bonds is 6. The van der Waals surface area contributed by atoms with Gasteiger partial charge in [0.2, 0.25) is 0 Å². The van der Waals surface area contributed by atoms with Crippen LogP contribution in [-0.2, 0) is 0 Å². The smallest absolute Gasteiger partial charge is 0.145 e. The molecule has 0 saturated heterocycles. The summed E-state index contributed by atoms with van der Waals surface area (Å²) in [5, 5.41) is 0. The van der Waals surface area contributed by atoms with Crippen molar-refractivity contribution in [3.05, 3.63) is 169 Å². The molecule has 4 heteroatoms. The van der Waals surface area contributed by atoms with Gasteiger partial charge >= 0.3 is 0 Å². The van der Waals surface area contributed by atoms with E-state index in [1.807, 2.05) is 24.3 Å². The molecule has 0 amide bonds. The molecule has 0 aliphatic rings. The molecular weight excluding hydrogens is 536 g/mol. The topological polar surface area (TPSA) is 35.6 Å². The molecule has 0 saturated carbocycles. The highest BCUT2D eigenvalue weighted by atomic mass is 15.1. The Morgan fingerprint density at radius 3 is 1.14 bits per heavy atom. The lowest BCUT2D eigenvalue weighted by Crippen LogP contribution is -1.97. The third-order valence-electron chi connectivity index (χ3n) is 7.96. The van der Waals surface area contributed by atoms with Gasteiger partial charge in [0.15, 0.2) is 0 Å². The molecule has 0 spiro atoms. The number of benzene rings is 6. The molecule has 2 heterocycles. The van der Waals surface area contributed by atoms with Crippen molar-refractivity contribution in [1.29, 1.82) is 0 Å². The molecule has 6 aromatic carbocycles. The normalized spacial score (nSPS) is 11.5. The zero-order chi connectivity index (χ0) is 29.3. The van der Waals surface area contributed by atoms with Gasteiger partial charge in [0.05, 0.1) is 22.1 Å². The van der Waals surface area contributed by atoms with Gasteiger partial charge in [0.1, 0.15) is 11.6 Å². The first-order valence-electron chi connectivity index (χ1n) is 14.8. The molecule has 4 nitrogen and oxygen atoms in total. The van der Waals surface area contributed by atoms with Crippen molar-refractivity contribution in [2.45, 2.75) is 0 Å². The first-order chi connectivity index (χ1) is 21.8. The molecule has 8 rings (SSSR count). The maximum atomic E-state index is 4.99. The maximum Gasteiger partial charge on any atom is 0.145 e. The van der Waals surface area contributed by atoms with Gasteiger partial charge in [-0.2, -0.15) is 0 Å². The highest BCUT2D eigenvalue weighted by Gasteiger charge is 2.15. The predicted octanol–water partition coefficient (Wildman–Crippen LogP) is 9.87. The summed E-state index contributed by atoms with van der Waals surface area (Å²) in [5.41, 5.74) is 10.8. The monoisotopic (exact) mass is 564 g/mol. The number of imidazole rings is 2. The zero-order valence-corrected chi connectivity index (χ0v) is 24.0. The zero-order valence-electron chi connectivity index (χ0n) is 24.0. The van der Waals surface area contributed by atoms with Crippen molar-refractivity contribution in [2.75, 3.05) is 0 Å². The third kappa shape index (κ3) is 4.69. The van der Waals surface area contributed by atoms with Gasteiger partial charge in [-0.3, -0.25) is 9.13 Å². The van der Waals surface area contributed by atoms with Crippen LogP contribution in [0.4, 0.5) is 0 Å². The molecule has 0 atom stereocenters. The van der Waals surface area contributed by atoms with E-state index in [-0.39, 0.29) is 0 Å². The van der Waals surface area contributed by atoms with Crippen LogP contribution in [-0.4, -0.2) is 19.1 Å². The lowest BCUT2D eigenvalue weighted by molar-refractivity contribution is 1.10. The summed E-state index contributed by atoms with van der Waals surface area (Å²) in [6, 6.07) is 54.6. The summed E-state index contributed by atoms with van der Waals surface area (Å²) in [7, 11) is 0. The maximum absolute atomic E-state index is 4.99. The van der Waals surface area contributed by atoms with E-state index in [0.717, 1.165) is 67.3 Å². The lowest BCUT2D eigenvalue weighted by Gasteiger charge is -2.10. The summed E-state index contributed by atoms with van der Waals surface area (Å²) in [6.45, 7) is 0. The second kappa shape index (κ2) is 11.0. The van der Waals surface area contributed by atoms with Gasteiger partial charge in [0.25, 0.3) is 0 Å². The van der Waals surface area contributed by atoms with Gasteiger partial charge in [-0.15, -0.1) is 0 Å². The van der Waals surface area contributed by atoms with E-state index in [9.17, 15) is 0 Å². The molecule has 0 radical (unpaired) electrons. The number of nitrogens with zero attached hydrogens (tertiary/aromatic N) is 4. The Morgan fingerprint density at radius 1 is 0.364 bits per heavy atom. The summed E-state index contributed by atoms with van der Waals surface area (Å²) in [4.78, 5) is 9.99. The van der Waals surface area contributed by atoms with Gasteiger partial charge in [0, 0.05) is 22.5 Å².